The van der Waals surface area contributed by atoms with Gasteiger partial charge in [-0.3, -0.25) is 19.4 Å². The molecule has 2 aromatic heterocycles. The molecule has 1 aliphatic rings. The van der Waals surface area contributed by atoms with Gasteiger partial charge in [0, 0.05) is 31.0 Å². The first-order valence-corrected chi connectivity index (χ1v) is 11.1. The van der Waals surface area contributed by atoms with Gasteiger partial charge in [-0.1, -0.05) is 18.2 Å². The number of carbonyl (C=O) groups is 2. The number of nitrogens with one attached hydrogen (secondary N) is 3. The van der Waals surface area contributed by atoms with E-state index in [9.17, 15) is 31.9 Å². The van der Waals surface area contributed by atoms with Gasteiger partial charge in [-0.25, -0.2) is 17.6 Å². The highest BCUT2D eigenvalue weighted by molar-refractivity contribution is 5.99. The minimum Gasteiger partial charge on any atom is -0.351 e. The summed E-state index contributed by atoms with van der Waals surface area (Å²) < 4.78 is 56.5. The zero-order chi connectivity index (χ0) is 26.1. The van der Waals surface area contributed by atoms with Crippen LogP contribution < -0.4 is 16.2 Å². The van der Waals surface area contributed by atoms with Crippen LogP contribution in [0.4, 0.5) is 28.9 Å². The van der Waals surface area contributed by atoms with E-state index in [-0.39, 0.29) is 35.8 Å². The second-order valence-electron chi connectivity index (χ2n) is 8.82. The molecule has 3 N–H and O–H groups in total. The molecule has 1 fully saturated rings. The molecule has 4 rings (SSSR count). The summed E-state index contributed by atoms with van der Waals surface area (Å²) >= 11 is 0. The van der Waals surface area contributed by atoms with Crippen molar-refractivity contribution in [2.75, 3.05) is 5.32 Å². The molecule has 1 aromatic carbocycles. The fourth-order valence-electron chi connectivity index (χ4n) is 3.83. The van der Waals surface area contributed by atoms with Crippen molar-refractivity contribution >= 4 is 23.1 Å². The summed E-state index contributed by atoms with van der Waals surface area (Å²) in [5, 5.41) is 5.02. The number of rotatable bonds is 9. The molecule has 1 aliphatic carbocycles. The molecule has 0 aliphatic heterocycles. The van der Waals surface area contributed by atoms with E-state index < -0.39 is 45.7 Å². The number of pyridine rings is 2. The predicted octanol–water partition coefficient (Wildman–Crippen LogP) is 4.57. The van der Waals surface area contributed by atoms with E-state index in [0.29, 0.717) is 19.8 Å². The van der Waals surface area contributed by atoms with Gasteiger partial charge in [-0.05, 0) is 25.0 Å². The number of carbonyl (C=O) groups excluding carboxylic acids is 2. The van der Waals surface area contributed by atoms with E-state index in [1.165, 1.54) is 18.2 Å². The van der Waals surface area contributed by atoms with Crippen molar-refractivity contribution in [3.63, 3.8) is 0 Å². The predicted molar refractivity (Wildman–Crippen MR) is 123 cm³/mol. The lowest BCUT2D eigenvalue weighted by atomic mass is 9.96. The zero-order valence-corrected chi connectivity index (χ0v) is 19.1. The Morgan fingerprint density at radius 3 is 2.47 bits per heavy atom. The molecule has 1 saturated carbocycles. The van der Waals surface area contributed by atoms with E-state index in [4.69, 9.17) is 0 Å². The van der Waals surface area contributed by atoms with Gasteiger partial charge in [0.15, 0.2) is 5.78 Å². The molecule has 188 valence electrons. The molecule has 7 nitrogen and oxygen atoms in total. The number of anilines is 2. The zero-order valence-electron chi connectivity index (χ0n) is 19.1. The summed E-state index contributed by atoms with van der Waals surface area (Å²) in [6, 6.07) is 8.34. The summed E-state index contributed by atoms with van der Waals surface area (Å²) in [7, 11) is 0. The molecule has 3 aromatic rings. The van der Waals surface area contributed by atoms with E-state index in [0.717, 1.165) is 30.5 Å². The number of hydrogen-bond donors (Lipinski definition) is 3. The minimum absolute atomic E-state index is 0.0562. The van der Waals surface area contributed by atoms with Crippen LogP contribution in [0.15, 0.2) is 53.5 Å². The third kappa shape index (κ3) is 5.45. The van der Waals surface area contributed by atoms with Crippen molar-refractivity contribution in [3.8, 4) is 0 Å². The average Bonchev–Trinajstić information content (AvgIpc) is 3.59. The first-order chi connectivity index (χ1) is 17.0. The Morgan fingerprint density at radius 1 is 1.11 bits per heavy atom. The Bertz CT molecular complexity index is 1380. The highest BCUT2D eigenvalue weighted by Crippen LogP contribution is 2.49. The van der Waals surface area contributed by atoms with Gasteiger partial charge in [-0.2, -0.15) is 0 Å². The molecular formula is C25H22F4N4O3. The van der Waals surface area contributed by atoms with Crippen LogP contribution in [0.1, 0.15) is 47.9 Å². The van der Waals surface area contributed by atoms with E-state index >= 15 is 0 Å². The van der Waals surface area contributed by atoms with Crippen LogP contribution >= 0.6 is 0 Å². The van der Waals surface area contributed by atoms with Crippen LogP contribution in [0.3, 0.4) is 0 Å². The number of halogens is 4. The molecule has 2 heterocycles. The van der Waals surface area contributed by atoms with Crippen LogP contribution in [-0.2, 0) is 17.3 Å². The van der Waals surface area contributed by atoms with Crippen LogP contribution in [0.25, 0.3) is 0 Å². The SMILES string of the molecule is CC(F)(F)c1cccc(F)c1Nc1cnc(CNC(=O)C2(CC(=O)c3cccc(=O)[nH]3)CC2)c(F)c1. The standard InChI is InChI=1S/C25H22F4N4O3/c1-24(28,29)15-4-2-5-16(26)22(15)32-14-10-17(27)19(30-12-14)13-31-23(36)25(8-9-25)11-20(34)18-6-3-7-21(35)33-18/h2-7,10,12,32H,8-9,11,13H2,1H3,(H,31,36)(H,33,35). The number of para-hydroxylation sites is 1. The van der Waals surface area contributed by atoms with Crippen LogP contribution in [0.2, 0.25) is 0 Å². The number of Topliss-reactive ketones (excluding diaryl/α,β-unsaturated/α-hetero) is 1. The third-order valence-electron chi connectivity index (χ3n) is 5.99. The molecule has 0 bridgehead atoms. The van der Waals surface area contributed by atoms with Crippen molar-refractivity contribution in [1.82, 2.24) is 15.3 Å². The molecule has 0 atom stereocenters. The number of amides is 1. The number of benzene rings is 1. The minimum atomic E-state index is -3.34. The Balaban J connectivity index is 1.41. The monoisotopic (exact) mass is 502 g/mol. The highest BCUT2D eigenvalue weighted by atomic mass is 19.3. The molecular weight excluding hydrogens is 480 g/mol. The number of aromatic nitrogens is 2. The number of alkyl halides is 2. The number of H-pyrrole nitrogens is 1. The Morgan fingerprint density at radius 2 is 1.83 bits per heavy atom. The van der Waals surface area contributed by atoms with Crippen molar-refractivity contribution in [1.29, 1.82) is 0 Å². The molecule has 11 heteroatoms. The maximum Gasteiger partial charge on any atom is 0.272 e. The summed E-state index contributed by atoms with van der Waals surface area (Å²) in [4.78, 5) is 43.0. The van der Waals surface area contributed by atoms with Gasteiger partial charge in [-0.15, -0.1) is 0 Å². The second-order valence-corrected chi connectivity index (χ2v) is 8.82. The number of aromatic amines is 1. The van der Waals surface area contributed by atoms with Gasteiger partial charge in [0.05, 0.1) is 40.9 Å². The van der Waals surface area contributed by atoms with Gasteiger partial charge >= 0.3 is 0 Å². The van der Waals surface area contributed by atoms with Crippen LogP contribution in [0, 0.1) is 17.0 Å². The summed E-state index contributed by atoms with van der Waals surface area (Å²) in [5.74, 6) is -5.95. The van der Waals surface area contributed by atoms with Gasteiger partial charge in [0.25, 0.3) is 5.92 Å². The highest BCUT2D eigenvalue weighted by Gasteiger charge is 2.51. The quantitative estimate of drug-likeness (QED) is 0.294. The van der Waals surface area contributed by atoms with Crippen molar-refractivity contribution in [2.45, 2.75) is 38.7 Å². The van der Waals surface area contributed by atoms with Crippen molar-refractivity contribution in [3.05, 3.63) is 87.6 Å². The maximum atomic E-state index is 14.6. The van der Waals surface area contributed by atoms with Gasteiger partial charge in [0.1, 0.15) is 11.6 Å². The summed E-state index contributed by atoms with van der Waals surface area (Å²) in [6.45, 7) is 0.345. The normalized spacial score (nSPS) is 14.2. The Kier molecular flexibility index (Phi) is 6.66. The average molecular weight is 502 g/mol. The fourth-order valence-corrected chi connectivity index (χ4v) is 3.83. The fraction of sp³-hybridized carbons (Fsp3) is 0.280. The van der Waals surface area contributed by atoms with Gasteiger partial charge in [0.2, 0.25) is 11.5 Å². The molecule has 0 spiro atoms. The number of ketones is 1. The van der Waals surface area contributed by atoms with E-state index in [2.05, 4.69) is 20.6 Å². The number of hydrogen-bond acceptors (Lipinski definition) is 5. The lowest BCUT2D eigenvalue weighted by Crippen LogP contribution is -2.33. The Labute approximate surface area is 203 Å². The molecule has 1 amide bonds. The Hall–Kier alpha value is -4.02. The van der Waals surface area contributed by atoms with Crippen LogP contribution in [-0.4, -0.2) is 21.7 Å². The maximum absolute atomic E-state index is 14.6. The van der Waals surface area contributed by atoms with E-state index in [1.807, 2.05) is 0 Å². The molecule has 0 radical (unpaired) electrons. The summed E-state index contributed by atoms with van der Waals surface area (Å²) in [5.41, 5.74) is -2.53. The van der Waals surface area contributed by atoms with Crippen molar-refractivity contribution in [2.24, 2.45) is 5.41 Å². The second kappa shape index (κ2) is 9.56. The molecule has 0 unspecified atom stereocenters. The topological polar surface area (TPSA) is 104 Å². The first kappa shape index (κ1) is 25.1. The van der Waals surface area contributed by atoms with Crippen molar-refractivity contribution < 1.29 is 27.2 Å². The largest absolute Gasteiger partial charge is 0.351 e. The summed E-state index contributed by atoms with van der Waals surface area (Å²) in [6.07, 6.45) is 1.96. The van der Waals surface area contributed by atoms with Gasteiger partial charge < -0.3 is 15.6 Å². The lowest BCUT2D eigenvalue weighted by Gasteiger charge is -2.18. The smallest absolute Gasteiger partial charge is 0.272 e. The third-order valence-corrected chi connectivity index (χ3v) is 5.99. The molecule has 36 heavy (non-hydrogen) atoms. The number of nitrogens with zero attached hydrogens (tertiary/aromatic N) is 1. The van der Waals surface area contributed by atoms with Crippen LogP contribution in [0.5, 0.6) is 0 Å². The first-order valence-electron chi connectivity index (χ1n) is 11.1. The lowest BCUT2D eigenvalue weighted by molar-refractivity contribution is -0.126. The molecule has 0 saturated heterocycles. The van der Waals surface area contributed by atoms with E-state index in [1.54, 1.807) is 0 Å².